The molecule has 0 saturated carbocycles. The van der Waals surface area contributed by atoms with Gasteiger partial charge in [-0.15, -0.1) is 20.1 Å². The minimum absolute atomic E-state index is 0.0226. The van der Waals surface area contributed by atoms with Crippen molar-refractivity contribution in [3.05, 3.63) is 48.8 Å². The maximum absolute atomic E-state index is 13.4. The summed E-state index contributed by atoms with van der Waals surface area (Å²) in [5.74, 6) is 0.0519. The maximum Gasteiger partial charge on any atom is 0.586 e. The highest BCUT2D eigenvalue weighted by molar-refractivity contribution is 7.19. The molecule has 1 saturated heterocycles. The molecule has 0 radical (unpaired) electrons. The van der Waals surface area contributed by atoms with Crippen LogP contribution in [0.1, 0.15) is 0 Å². The van der Waals surface area contributed by atoms with Crippen LogP contribution in [0.5, 0.6) is 11.5 Å². The highest BCUT2D eigenvalue weighted by Crippen LogP contribution is 2.44. The summed E-state index contributed by atoms with van der Waals surface area (Å²) in [4.78, 5) is 11.2. The smallest absolute Gasteiger partial charge is 0.395 e. The molecule has 1 fully saturated rings. The van der Waals surface area contributed by atoms with Gasteiger partial charge in [0.15, 0.2) is 11.5 Å². The van der Waals surface area contributed by atoms with Gasteiger partial charge in [-0.25, -0.2) is 4.98 Å². The Morgan fingerprint density at radius 1 is 1.00 bits per heavy atom. The van der Waals surface area contributed by atoms with Crippen LogP contribution in [0.4, 0.5) is 13.8 Å². The molecule has 4 aromatic rings. The Hall–Kier alpha value is -3.17. The molecule has 3 aromatic heterocycles. The van der Waals surface area contributed by atoms with Gasteiger partial charge in [-0.05, 0) is 35.9 Å². The molecule has 9 heteroatoms. The van der Waals surface area contributed by atoms with Gasteiger partial charge in [-0.2, -0.15) is 0 Å². The summed E-state index contributed by atoms with van der Waals surface area (Å²) in [6.45, 7) is 3.27. The molecule has 158 valence electrons. The van der Waals surface area contributed by atoms with Gasteiger partial charge < -0.3 is 24.1 Å². The molecule has 0 atom stereocenters. The number of H-pyrrole nitrogens is 1. The van der Waals surface area contributed by atoms with Crippen LogP contribution in [0.3, 0.4) is 0 Å². The highest BCUT2D eigenvalue weighted by Gasteiger charge is 2.43. The predicted molar refractivity (Wildman–Crippen MR) is 114 cm³/mol. The van der Waals surface area contributed by atoms with E-state index in [0.29, 0.717) is 0 Å². The molecular formula is C22H17F2N3O3S. The number of rotatable bonds is 3. The number of morpholine rings is 1. The van der Waals surface area contributed by atoms with Gasteiger partial charge in [-0.3, -0.25) is 0 Å². The Morgan fingerprint density at radius 2 is 1.84 bits per heavy atom. The molecule has 1 N–H and O–H groups in total. The van der Waals surface area contributed by atoms with E-state index in [0.717, 1.165) is 58.9 Å². The van der Waals surface area contributed by atoms with Crippen LogP contribution in [-0.4, -0.2) is 42.6 Å². The molecule has 31 heavy (non-hydrogen) atoms. The number of thiophene rings is 1. The number of ether oxygens (including phenoxy) is 3. The van der Waals surface area contributed by atoms with E-state index in [-0.39, 0.29) is 11.5 Å². The number of fused-ring (bicyclic) bond motifs is 2. The predicted octanol–water partition coefficient (Wildman–Crippen LogP) is 5.12. The van der Waals surface area contributed by atoms with E-state index in [1.807, 2.05) is 12.4 Å². The van der Waals surface area contributed by atoms with E-state index in [2.05, 4.69) is 42.5 Å². The molecule has 2 aliphatic rings. The van der Waals surface area contributed by atoms with Gasteiger partial charge >= 0.3 is 6.29 Å². The average molecular weight is 441 g/mol. The first kappa shape index (κ1) is 18.6. The fourth-order valence-corrected chi connectivity index (χ4v) is 4.97. The number of hydrogen-bond acceptors (Lipinski definition) is 6. The summed E-state index contributed by atoms with van der Waals surface area (Å²) in [7, 11) is 0. The zero-order valence-corrected chi connectivity index (χ0v) is 17.0. The monoisotopic (exact) mass is 441 g/mol. The zero-order valence-electron chi connectivity index (χ0n) is 16.2. The second kappa shape index (κ2) is 6.93. The Balaban J connectivity index is 1.36. The van der Waals surface area contributed by atoms with Gasteiger partial charge in [0.2, 0.25) is 0 Å². The zero-order chi connectivity index (χ0) is 21.0. The lowest BCUT2D eigenvalue weighted by molar-refractivity contribution is -0.286. The standard InChI is InChI=1S/C22H17F2N3O3S/c23-22(24)29-17-2-1-13(10-18(17)30-22)16-12-26-21-15(16)9-14(11-25-21)19-3-4-20(31-19)27-5-7-28-8-6-27/h1-4,9-12H,5-8H2,(H,25,26). The third-order valence-corrected chi connectivity index (χ3v) is 6.64. The van der Waals surface area contributed by atoms with Gasteiger partial charge in [0, 0.05) is 46.9 Å². The number of halogens is 2. The number of nitrogens with zero attached hydrogens (tertiary/aromatic N) is 2. The average Bonchev–Trinajstić information content (AvgIpc) is 3.49. The number of pyridine rings is 1. The van der Waals surface area contributed by atoms with Crippen LogP contribution in [0, 0.1) is 0 Å². The van der Waals surface area contributed by atoms with Crippen molar-refractivity contribution in [2.45, 2.75) is 6.29 Å². The Kier molecular flexibility index (Phi) is 4.15. The van der Waals surface area contributed by atoms with Crippen molar-refractivity contribution >= 4 is 27.4 Å². The number of anilines is 1. The lowest BCUT2D eigenvalue weighted by Crippen LogP contribution is -2.35. The van der Waals surface area contributed by atoms with Gasteiger partial charge in [0.25, 0.3) is 0 Å². The van der Waals surface area contributed by atoms with Crippen molar-refractivity contribution in [3.8, 4) is 33.1 Å². The van der Waals surface area contributed by atoms with Gasteiger partial charge in [-0.1, -0.05) is 6.07 Å². The van der Waals surface area contributed by atoms with E-state index in [9.17, 15) is 8.78 Å². The minimum Gasteiger partial charge on any atom is -0.395 e. The second-order valence-electron chi connectivity index (χ2n) is 7.39. The van der Waals surface area contributed by atoms with Crippen LogP contribution in [-0.2, 0) is 4.74 Å². The van der Waals surface area contributed by atoms with Crippen molar-refractivity contribution in [1.29, 1.82) is 0 Å². The van der Waals surface area contributed by atoms with Gasteiger partial charge in [0.05, 0.1) is 18.2 Å². The third-order valence-electron chi connectivity index (χ3n) is 5.44. The number of aromatic amines is 1. The molecule has 5 heterocycles. The van der Waals surface area contributed by atoms with E-state index < -0.39 is 6.29 Å². The normalized spacial score (nSPS) is 17.4. The van der Waals surface area contributed by atoms with Crippen LogP contribution >= 0.6 is 11.3 Å². The lowest BCUT2D eigenvalue weighted by Gasteiger charge is -2.27. The minimum atomic E-state index is -3.63. The third kappa shape index (κ3) is 3.30. The first-order valence-electron chi connectivity index (χ1n) is 9.86. The van der Waals surface area contributed by atoms with Crippen molar-refractivity contribution in [2.24, 2.45) is 0 Å². The molecule has 0 aliphatic carbocycles. The highest BCUT2D eigenvalue weighted by atomic mass is 32.1. The molecule has 1 aromatic carbocycles. The molecule has 6 nitrogen and oxygen atoms in total. The number of aromatic nitrogens is 2. The lowest BCUT2D eigenvalue weighted by atomic mass is 10.0. The molecule has 0 unspecified atom stereocenters. The topological polar surface area (TPSA) is 59.6 Å². The fourth-order valence-electron chi connectivity index (χ4n) is 3.93. The van der Waals surface area contributed by atoms with Crippen molar-refractivity contribution in [1.82, 2.24) is 9.97 Å². The van der Waals surface area contributed by atoms with E-state index in [1.165, 1.54) is 11.1 Å². The van der Waals surface area contributed by atoms with Crippen LogP contribution in [0.15, 0.2) is 48.8 Å². The quantitative estimate of drug-likeness (QED) is 0.478. The fraction of sp³-hybridized carbons (Fsp3) is 0.227. The SMILES string of the molecule is FC1(F)Oc2ccc(-c3c[nH]c4ncc(-c5ccc(N6CCOCC6)s5)cc34)cc2O1. The first-order chi connectivity index (χ1) is 15.1. The van der Waals surface area contributed by atoms with Crippen molar-refractivity contribution in [2.75, 3.05) is 31.2 Å². The molecule has 2 aliphatic heterocycles. The van der Waals surface area contributed by atoms with Gasteiger partial charge in [0.1, 0.15) is 5.65 Å². The van der Waals surface area contributed by atoms with Crippen LogP contribution in [0.25, 0.3) is 32.6 Å². The molecule has 0 amide bonds. The molecule has 0 bridgehead atoms. The van der Waals surface area contributed by atoms with Crippen LogP contribution < -0.4 is 14.4 Å². The Labute approximate surface area is 180 Å². The van der Waals surface area contributed by atoms with Crippen molar-refractivity contribution < 1.29 is 23.0 Å². The Morgan fingerprint density at radius 3 is 2.71 bits per heavy atom. The molecular weight excluding hydrogens is 424 g/mol. The molecule has 6 rings (SSSR count). The van der Waals surface area contributed by atoms with E-state index in [4.69, 9.17) is 4.74 Å². The first-order valence-corrected chi connectivity index (χ1v) is 10.7. The summed E-state index contributed by atoms with van der Waals surface area (Å²) in [5.41, 5.74) is 3.33. The maximum atomic E-state index is 13.4. The molecule has 0 spiro atoms. The number of benzene rings is 1. The summed E-state index contributed by atoms with van der Waals surface area (Å²) in [6, 6.07) is 11.1. The largest absolute Gasteiger partial charge is 0.586 e. The van der Waals surface area contributed by atoms with Crippen LogP contribution in [0.2, 0.25) is 0 Å². The second-order valence-corrected chi connectivity index (χ2v) is 8.45. The van der Waals surface area contributed by atoms with E-state index in [1.54, 1.807) is 23.5 Å². The number of alkyl halides is 2. The van der Waals surface area contributed by atoms with E-state index >= 15 is 0 Å². The summed E-state index contributed by atoms with van der Waals surface area (Å²) in [6.07, 6.45) is 0.0374. The number of nitrogens with one attached hydrogen (secondary N) is 1. The summed E-state index contributed by atoms with van der Waals surface area (Å²) < 4.78 is 41.3. The Bertz CT molecular complexity index is 1280. The number of hydrogen-bond donors (Lipinski definition) is 1. The van der Waals surface area contributed by atoms with Crippen molar-refractivity contribution in [3.63, 3.8) is 0 Å². The summed E-state index contributed by atoms with van der Waals surface area (Å²) >= 11 is 1.72. The summed E-state index contributed by atoms with van der Waals surface area (Å²) in [5, 5.41) is 2.12.